The summed E-state index contributed by atoms with van der Waals surface area (Å²) in [6.07, 6.45) is 5.25. The second-order valence-electron chi connectivity index (χ2n) is 5.44. The van der Waals surface area contributed by atoms with Crippen molar-refractivity contribution in [1.82, 2.24) is 5.32 Å². The number of rotatable bonds is 5. The minimum atomic E-state index is -0.133. The zero-order valence-electron chi connectivity index (χ0n) is 10.8. The van der Waals surface area contributed by atoms with Crippen molar-refractivity contribution >= 4 is 5.97 Å². The Bertz CT molecular complexity index is 257. The quantitative estimate of drug-likeness (QED) is 0.741. The summed E-state index contributed by atoms with van der Waals surface area (Å²) in [6, 6.07) is 1.28. The molecular weight excluding hydrogens is 218 g/mol. The van der Waals surface area contributed by atoms with Crippen LogP contribution >= 0.6 is 0 Å². The summed E-state index contributed by atoms with van der Waals surface area (Å²) in [5.74, 6) is 0.442. The molecule has 2 saturated heterocycles. The number of carbonyl (C=O) groups excluding carboxylic acids is 1. The summed E-state index contributed by atoms with van der Waals surface area (Å²) in [5.41, 5.74) is 0. The Morgan fingerprint density at radius 2 is 2.00 bits per heavy atom. The molecule has 98 valence electrons. The van der Waals surface area contributed by atoms with Gasteiger partial charge in [-0.3, -0.25) is 4.79 Å². The van der Waals surface area contributed by atoms with Crippen LogP contribution in [0, 0.1) is 5.92 Å². The fraction of sp³-hybridized carbons (Fsp3) is 0.923. The number of hydrogen-bond acceptors (Lipinski definition) is 4. The first-order valence-corrected chi connectivity index (χ1v) is 6.62. The molecule has 2 aliphatic heterocycles. The van der Waals surface area contributed by atoms with Gasteiger partial charge in [0, 0.05) is 25.6 Å². The van der Waals surface area contributed by atoms with E-state index in [4.69, 9.17) is 9.47 Å². The van der Waals surface area contributed by atoms with Gasteiger partial charge in [0.1, 0.15) is 6.10 Å². The van der Waals surface area contributed by atoms with Crippen molar-refractivity contribution in [3.63, 3.8) is 0 Å². The van der Waals surface area contributed by atoms with Gasteiger partial charge in [-0.15, -0.1) is 0 Å². The molecule has 0 saturated carbocycles. The van der Waals surface area contributed by atoms with E-state index in [1.165, 1.54) is 12.8 Å². The number of esters is 1. The van der Waals surface area contributed by atoms with Gasteiger partial charge in [0.15, 0.2) is 0 Å². The standard InChI is InChI=1S/C13H23NO3/c1-9(8-16-2)17-13(15)7-10-5-11-3-4-12(6-10)14-11/h9-12,14H,3-8H2,1-2H3. The van der Waals surface area contributed by atoms with Gasteiger partial charge in [-0.25, -0.2) is 0 Å². The number of nitrogens with one attached hydrogen (secondary N) is 1. The van der Waals surface area contributed by atoms with E-state index < -0.39 is 0 Å². The highest BCUT2D eigenvalue weighted by molar-refractivity contribution is 5.69. The Labute approximate surface area is 103 Å². The first-order chi connectivity index (χ1) is 8.17. The molecular formula is C13H23NO3. The van der Waals surface area contributed by atoms with E-state index >= 15 is 0 Å². The van der Waals surface area contributed by atoms with Crippen LogP contribution in [0.15, 0.2) is 0 Å². The summed E-state index contributed by atoms with van der Waals surface area (Å²) in [7, 11) is 1.62. The van der Waals surface area contributed by atoms with Gasteiger partial charge < -0.3 is 14.8 Å². The third-order valence-corrected chi connectivity index (χ3v) is 3.76. The molecule has 0 aromatic rings. The molecule has 0 aromatic carbocycles. The maximum Gasteiger partial charge on any atom is 0.306 e. The molecule has 0 aliphatic carbocycles. The summed E-state index contributed by atoms with van der Waals surface area (Å²) in [6.45, 7) is 2.34. The van der Waals surface area contributed by atoms with Crippen LogP contribution in [0.25, 0.3) is 0 Å². The molecule has 0 radical (unpaired) electrons. The summed E-state index contributed by atoms with van der Waals surface area (Å²) in [5, 5.41) is 3.58. The van der Waals surface area contributed by atoms with Crippen LogP contribution in [0.4, 0.5) is 0 Å². The van der Waals surface area contributed by atoms with Crippen molar-refractivity contribution in [2.45, 2.75) is 57.2 Å². The average molecular weight is 241 g/mol. The molecule has 2 heterocycles. The monoisotopic (exact) mass is 241 g/mol. The first kappa shape index (κ1) is 12.8. The highest BCUT2D eigenvalue weighted by atomic mass is 16.6. The third-order valence-electron chi connectivity index (χ3n) is 3.76. The zero-order chi connectivity index (χ0) is 12.3. The summed E-state index contributed by atoms with van der Waals surface area (Å²) < 4.78 is 10.3. The minimum Gasteiger partial charge on any atom is -0.460 e. The number of carbonyl (C=O) groups is 1. The van der Waals surface area contributed by atoms with Crippen LogP contribution in [0.1, 0.15) is 39.0 Å². The molecule has 4 nitrogen and oxygen atoms in total. The zero-order valence-corrected chi connectivity index (χ0v) is 10.8. The van der Waals surface area contributed by atoms with Crippen molar-refractivity contribution in [2.75, 3.05) is 13.7 Å². The molecule has 0 spiro atoms. The molecule has 1 N–H and O–H groups in total. The average Bonchev–Trinajstić information content (AvgIpc) is 2.58. The molecule has 2 aliphatic rings. The smallest absolute Gasteiger partial charge is 0.306 e. The van der Waals surface area contributed by atoms with E-state index in [2.05, 4.69) is 5.32 Å². The van der Waals surface area contributed by atoms with Gasteiger partial charge in [0.05, 0.1) is 6.61 Å². The van der Waals surface area contributed by atoms with Crippen molar-refractivity contribution < 1.29 is 14.3 Å². The Balaban J connectivity index is 1.71. The molecule has 2 bridgehead atoms. The van der Waals surface area contributed by atoms with Crippen molar-refractivity contribution in [2.24, 2.45) is 5.92 Å². The highest BCUT2D eigenvalue weighted by Gasteiger charge is 2.34. The van der Waals surface area contributed by atoms with Crippen LogP contribution in [0.5, 0.6) is 0 Å². The normalized spacial score (nSPS) is 33.4. The lowest BCUT2D eigenvalue weighted by molar-refractivity contribution is -0.151. The second kappa shape index (κ2) is 5.83. The van der Waals surface area contributed by atoms with Gasteiger partial charge in [-0.1, -0.05) is 0 Å². The van der Waals surface area contributed by atoms with Gasteiger partial charge in [0.2, 0.25) is 0 Å². The predicted octanol–water partition coefficient (Wildman–Crippen LogP) is 1.49. The van der Waals surface area contributed by atoms with Crippen LogP contribution in [0.2, 0.25) is 0 Å². The van der Waals surface area contributed by atoms with E-state index in [9.17, 15) is 4.79 Å². The largest absolute Gasteiger partial charge is 0.460 e. The van der Waals surface area contributed by atoms with Gasteiger partial charge in [-0.2, -0.15) is 0 Å². The molecule has 17 heavy (non-hydrogen) atoms. The van der Waals surface area contributed by atoms with E-state index in [0.717, 1.165) is 12.8 Å². The van der Waals surface area contributed by atoms with Crippen LogP contribution in [-0.2, 0) is 14.3 Å². The lowest BCUT2D eigenvalue weighted by Gasteiger charge is -2.28. The first-order valence-electron chi connectivity index (χ1n) is 6.62. The fourth-order valence-corrected chi connectivity index (χ4v) is 3.12. The van der Waals surface area contributed by atoms with Crippen molar-refractivity contribution in [1.29, 1.82) is 0 Å². The minimum absolute atomic E-state index is 0.0687. The number of piperidine rings is 1. The lowest BCUT2D eigenvalue weighted by atomic mass is 9.90. The SMILES string of the molecule is COCC(C)OC(=O)CC1CC2CCC(C1)N2. The molecule has 3 unspecified atom stereocenters. The maximum absolute atomic E-state index is 11.7. The van der Waals surface area contributed by atoms with Gasteiger partial charge >= 0.3 is 5.97 Å². The Kier molecular flexibility index (Phi) is 4.40. The van der Waals surface area contributed by atoms with Gasteiger partial charge in [0.25, 0.3) is 0 Å². The maximum atomic E-state index is 11.7. The third kappa shape index (κ3) is 3.68. The topological polar surface area (TPSA) is 47.6 Å². The Hall–Kier alpha value is -0.610. The number of hydrogen-bond donors (Lipinski definition) is 1. The van der Waals surface area contributed by atoms with Crippen molar-refractivity contribution in [3.05, 3.63) is 0 Å². The van der Waals surface area contributed by atoms with Crippen molar-refractivity contribution in [3.8, 4) is 0 Å². The molecule has 2 rings (SSSR count). The fourth-order valence-electron chi connectivity index (χ4n) is 3.12. The van der Waals surface area contributed by atoms with E-state index in [-0.39, 0.29) is 12.1 Å². The highest BCUT2D eigenvalue weighted by Crippen LogP contribution is 2.32. The predicted molar refractivity (Wildman–Crippen MR) is 64.7 cm³/mol. The van der Waals surface area contributed by atoms with E-state index in [1.807, 2.05) is 6.92 Å². The molecule has 3 atom stereocenters. The molecule has 0 amide bonds. The summed E-state index contributed by atoms with van der Waals surface area (Å²) in [4.78, 5) is 11.7. The Morgan fingerprint density at radius 3 is 2.59 bits per heavy atom. The molecule has 0 aromatic heterocycles. The number of fused-ring (bicyclic) bond motifs is 2. The van der Waals surface area contributed by atoms with E-state index in [0.29, 0.717) is 31.0 Å². The number of methoxy groups -OCH3 is 1. The molecule has 4 heteroatoms. The Morgan fingerprint density at radius 1 is 1.35 bits per heavy atom. The molecule has 2 fully saturated rings. The van der Waals surface area contributed by atoms with Gasteiger partial charge in [-0.05, 0) is 38.5 Å². The van der Waals surface area contributed by atoms with Crippen LogP contribution < -0.4 is 5.32 Å². The summed E-state index contributed by atoms with van der Waals surface area (Å²) >= 11 is 0. The van der Waals surface area contributed by atoms with E-state index in [1.54, 1.807) is 7.11 Å². The van der Waals surface area contributed by atoms with Crippen LogP contribution in [-0.4, -0.2) is 37.9 Å². The lowest BCUT2D eigenvalue weighted by Crippen LogP contribution is -2.39. The van der Waals surface area contributed by atoms with Crippen LogP contribution in [0.3, 0.4) is 0 Å². The second-order valence-corrected chi connectivity index (χ2v) is 5.44. The number of ether oxygens (including phenoxy) is 2.